The van der Waals surface area contributed by atoms with Gasteiger partial charge in [0.2, 0.25) is 15.8 Å². The minimum atomic E-state index is -3.64. The van der Waals surface area contributed by atoms with Crippen LogP contribution in [0, 0.1) is 0 Å². The third-order valence-corrected chi connectivity index (χ3v) is 7.24. The van der Waals surface area contributed by atoms with Crippen LogP contribution >= 0.6 is 0 Å². The summed E-state index contributed by atoms with van der Waals surface area (Å²) in [6, 6.07) is 11.1. The predicted molar refractivity (Wildman–Crippen MR) is 122 cm³/mol. The Labute approximate surface area is 194 Å². The lowest BCUT2D eigenvalue weighted by Crippen LogP contribution is -2.36. The number of rotatable bonds is 10. The maximum absolute atomic E-state index is 12.9. The van der Waals surface area contributed by atoms with Crippen LogP contribution < -0.4 is 19.5 Å². The van der Waals surface area contributed by atoms with Gasteiger partial charge in [0.1, 0.15) is 12.7 Å². The molecule has 1 aliphatic heterocycles. The maximum atomic E-state index is 12.9. The first-order valence-corrected chi connectivity index (χ1v) is 12.2. The number of methoxy groups -OCH3 is 2. The van der Waals surface area contributed by atoms with Crippen LogP contribution in [0.2, 0.25) is 0 Å². The van der Waals surface area contributed by atoms with Crippen molar-refractivity contribution in [3.63, 3.8) is 0 Å². The lowest BCUT2D eigenvalue weighted by Gasteiger charge is -2.26. The Balaban J connectivity index is 1.58. The van der Waals surface area contributed by atoms with E-state index in [-0.39, 0.29) is 23.6 Å². The quantitative estimate of drug-likeness (QED) is 0.537. The first-order chi connectivity index (χ1) is 15.9. The topological polar surface area (TPSA) is 114 Å². The van der Waals surface area contributed by atoms with Crippen molar-refractivity contribution < 1.29 is 32.5 Å². The third-order valence-electron chi connectivity index (χ3n) is 5.35. The number of carbonyl (C=O) groups excluding carboxylic acids is 1. The fraction of sp³-hybridized carbons (Fsp3) is 0.435. The van der Waals surface area contributed by atoms with Gasteiger partial charge in [0.05, 0.1) is 19.1 Å². The number of aliphatic hydroxyl groups is 1. The average molecular weight is 479 g/mol. The second kappa shape index (κ2) is 11.4. The monoisotopic (exact) mass is 478 g/mol. The van der Waals surface area contributed by atoms with Crippen molar-refractivity contribution in [2.45, 2.75) is 30.3 Å². The number of amides is 1. The highest BCUT2D eigenvalue weighted by Gasteiger charge is 2.26. The Bertz CT molecular complexity index is 1030. The third kappa shape index (κ3) is 6.16. The van der Waals surface area contributed by atoms with E-state index in [4.69, 9.17) is 14.2 Å². The molecule has 0 aromatic heterocycles. The van der Waals surface area contributed by atoms with Gasteiger partial charge >= 0.3 is 0 Å². The fourth-order valence-electron chi connectivity index (χ4n) is 3.56. The summed E-state index contributed by atoms with van der Waals surface area (Å²) in [7, 11) is -0.646. The lowest BCUT2D eigenvalue weighted by molar-refractivity contribution is 0.0833. The molecule has 2 aromatic carbocycles. The van der Waals surface area contributed by atoms with E-state index in [1.807, 2.05) is 0 Å². The molecular weight excluding hydrogens is 448 g/mol. The smallest absolute Gasteiger partial charge is 0.251 e. The van der Waals surface area contributed by atoms with Crippen molar-refractivity contribution in [1.29, 1.82) is 0 Å². The van der Waals surface area contributed by atoms with Gasteiger partial charge in [-0.2, -0.15) is 4.31 Å². The van der Waals surface area contributed by atoms with Gasteiger partial charge in [0, 0.05) is 25.2 Å². The van der Waals surface area contributed by atoms with Crippen molar-refractivity contribution in [3.8, 4) is 17.2 Å². The molecule has 1 unspecified atom stereocenters. The van der Waals surface area contributed by atoms with E-state index in [1.54, 1.807) is 24.3 Å². The number of hydrogen-bond donors (Lipinski definition) is 2. The van der Waals surface area contributed by atoms with Crippen LogP contribution in [0.25, 0.3) is 0 Å². The zero-order valence-corrected chi connectivity index (χ0v) is 19.6. The molecule has 180 valence electrons. The van der Waals surface area contributed by atoms with Crippen LogP contribution in [0.1, 0.15) is 29.6 Å². The molecule has 9 nitrogen and oxygen atoms in total. The van der Waals surface area contributed by atoms with Crippen LogP contribution in [-0.2, 0) is 10.0 Å². The van der Waals surface area contributed by atoms with Crippen molar-refractivity contribution in [1.82, 2.24) is 9.62 Å². The lowest BCUT2D eigenvalue weighted by atomic mass is 10.2. The van der Waals surface area contributed by atoms with Gasteiger partial charge in [0.25, 0.3) is 5.91 Å². The molecule has 0 saturated carbocycles. The number of nitrogens with one attached hydrogen (secondary N) is 1. The number of sulfonamides is 1. The van der Waals surface area contributed by atoms with E-state index < -0.39 is 22.0 Å². The molecular formula is C23H30N2O7S. The van der Waals surface area contributed by atoms with Crippen molar-refractivity contribution in [2.24, 2.45) is 0 Å². The molecule has 10 heteroatoms. The number of ether oxygens (including phenoxy) is 3. The summed E-state index contributed by atoms with van der Waals surface area (Å²) in [5.41, 5.74) is 0.201. The zero-order valence-electron chi connectivity index (χ0n) is 18.8. The van der Waals surface area contributed by atoms with E-state index in [1.165, 1.54) is 36.7 Å². The molecule has 1 atom stereocenters. The van der Waals surface area contributed by atoms with Crippen LogP contribution in [0.15, 0.2) is 47.4 Å². The van der Waals surface area contributed by atoms with Gasteiger partial charge in [-0.05, 0) is 43.2 Å². The van der Waals surface area contributed by atoms with Crippen molar-refractivity contribution in [3.05, 3.63) is 48.0 Å². The number of piperidine rings is 1. The minimum Gasteiger partial charge on any atom is -0.493 e. The van der Waals surface area contributed by atoms with Gasteiger partial charge in [-0.1, -0.05) is 18.6 Å². The largest absolute Gasteiger partial charge is 0.493 e. The van der Waals surface area contributed by atoms with Gasteiger partial charge in [0.15, 0.2) is 11.5 Å². The molecule has 1 heterocycles. The maximum Gasteiger partial charge on any atom is 0.251 e. The van der Waals surface area contributed by atoms with Gasteiger partial charge in [-0.15, -0.1) is 0 Å². The summed E-state index contributed by atoms with van der Waals surface area (Å²) >= 11 is 0. The second-order valence-electron chi connectivity index (χ2n) is 7.66. The number of para-hydroxylation sites is 1. The molecule has 2 aromatic rings. The molecule has 1 amide bonds. The summed E-state index contributed by atoms with van der Waals surface area (Å²) < 4.78 is 43.3. The zero-order chi connectivity index (χ0) is 23.8. The standard InChI is InChI=1S/C23H30N2O7S/c1-30-20-10-7-11-21(31-2)22(20)32-16-18(26)15-24-23(27)17-8-6-9-19(14-17)33(28,29)25-12-4-3-5-13-25/h6-11,14,18,26H,3-5,12-13,15-16H2,1-2H3,(H,24,27). The number of aliphatic hydroxyl groups excluding tert-OH is 1. The van der Waals surface area contributed by atoms with Gasteiger partial charge in [-0.25, -0.2) is 8.42 Å². The molecule has 3 rings (SSSR count). The second-order valence-corrected chi connectivity index (χ2v) is 9.60. The molecule has 1 fully saturated rings. The van der Waals surface area contributed by atoms with Gasteiger partial charge < -0.3 is 24.6 Å². The van der Waals surface area contributed by atoms with Crippen LogP contribution in [0.4, 0.5) is 0 Å². The highest BCUT2D eigenvalue weighted by atomic mass is 32.2. The Morgan fingerprint density at radius 1 is 1.06 bits per heavy atom. The van der Waals surface area contributed by atoms with E-state index in [9.17, 15) is 18.3 Å². The highest BCUT2D eigenvalue weighted by Crippen LogP contribution is 2.36. The summed E-state index contributed by atoms with van der Waals surface area (Å²) in [6.45, 7) is 0.781. The summed E-state index contributed by atoms with van der Waals surface area (Å²) in [5.74, 6) is 0.776. The minimum absolute atomic E-state index is 0.0839. The summed E-state index contributed by atoms with van der Waals surface area (Å²) in [6.07, 6.45) is 1.67. The number of benzene rings is 2. The molecule has 0 bridgehead atoms. The number of hydrogen-bond acceptors (Lipinski definition) is 7. The predicted octanol–water partition coefficient (Wildman–Crippen LogP) is 2.05. The highest BCUT2D eigenvalue weighted by molar-refractivity contribution is 7.89. The molecule has 0 aliphatic carbocycles. The van der Waals surface area contributed by atoms with E-state index in [0.717, 1.165) is 19.3 Å². The van der Waals surface area contributed by atoms with Gasteiger partial charge in [-0.3, -0.25) is 4.79 Å². The molecule has 1 aliphatic rings. The van der Waals surface area contributed by atoms with E-state index in [0.29, 0.717) is 30.3 Å². The van der Waals surface area contributed by atoms with Crippen LogP contribution in [0.3, 0.4) is 0 Å². The van der Waals surface area contributed by atoms with E-state index in [2.05, 4.69) is 5.32 Å². The van der Waals surface area contributed by atoms with Crippen LogP contribution in [0.5, 0.6) is 17.2 Å². The Kier molecular flexibility index (Phi) is 8.54. The molecule has 2 N–H and O–H groups in total. The molecule has 0 spiro atoms. The fourth-order valence-corrected chi connectivity index (χ4v) is 5.13. The molecule has 1 saturated heterocycles. The average Bonchev–Trinajstić information content (AvgIpc) is 2.86. The number of nitrogens with zero attached hydrogens (tertiary/aromatic N) is 1. The summed E-state index contributed by atoms with van der Waals surface area (Å²) in [5, 5.41) is 12.9. The molecule has 33 heavy (non-hydrogen) atoms. The first kappa shape index (κ1) is 24.8. The summed E-state index contributed by atoms with van der Waals surface area (Å²) in [4.78, 5) is 12.7. The normalized spacial score (nSPS) is 15.5. The van der Waals surface area contributed by atoms with Crippen molar-refractivity contribution in [2.75, 3.05) is 40.5 Å². The van der Waals surface area contributed by atoms with Crippen molar-refractivity contribution >= 4 is 15.9 Å². The Morgan fingerprint density at radius 3 is 2.33 bits per heavy atom. The Morgan fingerprint density at radius 2 is 1.70 bits per heavy atom. The molecule has 0 radical (unpaired) electrons. The SMILES string of the molecule is COc1cccc(OC)c1OCC(O)CNC(=O)c1cccc(S(=O)(=O)N2CCCCC2)c1. The Hall–Kier alpha value is -2.82. The van der Waals surface area contributed by atoms with E-state index >= 15 is 0 Å². The number of carbonyl (C=O) groups is 1. The first-order valence-electron chi connectivity index (χ1n) is 10.8. The van der Waals surface area contributed by atoms with Crippen LogP contribution in [-0.4, -0.2) is 70.3 Å².